The summed E-state index contributed by atoms with van der Waals surface area (Å²) in [7, 11) is 0. The van der Waals surface area contributed by atoms with Crippen LogP contribution in [0.4, 0.5) is 11.8 Å². The van der Waals surface area contributed by atoms with Crippen molar-refractivity contribution >= 4 is 17.7 Å². The summed E-state index contributed by atoms with van der Waals surface area (Å²) in [4.78, 5) is 30.1. The molecule has 39 heavy (non-hydrogen) atoms. The predicted molar refractivity (Wildman–Crippen MR) is 160 cm³/mol. The number of amides is 1. The molecule has 2 unspecified atom stereocenters. The molecule has 2 atom stereocenters. The summed E-state index contributed by atoms with van der Waals surface area (Å²) in [5.41, 5.74) is 2.16. The van der Waals surface area contributed by atoms with Crippen LogP contribution >= 0.6 is 0 Å². The van der Waals surface area contributed by atoms with Crippen molar-refractivity contribution in [2.45, 2.75) is 96.1 Å². The third kappa shape index (κ3) is 7.30. The number of hydrogen-bond acceptors (Lipinski definition) is 6. The van der Waals surface area contributed by atoms with Crippen LogP contribution in [0.3, 0.4) is 0 Å². The van der Waals surface area contributed by atoms with E-state index in [2.05, 4.69) is 64.0 Å². The van der Waals surface area contributed by atoms with Crippen molar-refractivity contribution in [2.75, 3.05) is 49.5 Å². The molecule has 5 rings (SSSR count). The van der Waals surface area contributed by atoms with Gasteiger partial charge in [-0.05, 0) is 74.2 Å². The Morgan fingerprint density at radius 3 is 2.33 bits per heavy atom. The zero-order chi connectivity index (χ0) is 27.2. The van der Waals surface area contributed by atoms with Gasteiger partial charge in [0.05, 0.1) is 0 Å². The van der Waals surface area contributed by atoms with Crippen LogP contribution in [0.25, 0.3) is 0 Å². The highest BCUT2D eigenvalue weighted by Gasteiger charge is 2.31. The Labute approximate surface area is 235 Å². The molecule has 1 aromatic carbocycles. The van der Waals surface area contributed by atoms with Crippen molar-refractivity contribution in [1.82, 2.24) is 19.8 Å². The molecule has 0 aliphatic carbocycles. The Morgan fingerprint density at radius 2 is 1.59 bits per heavy atom. The molecule has 3 aliphatic heterocycles. The largest absolute Gasteiger partial charge is 0.356 e. The van der Waals surface area contributed by atoms with E-state index in [1.807, 2.05) is 18.3 Å². The first-order valence-corrected chi connectivity index (χ1v) is 15.4. The average Bonchev–Trinajstić information content (AvgIpc) is 3.36. The van der Waals surface area contributed by atoms with Crippen LogP contribution in [0.1, 0.15) is 94.5 Å². The van der Waals surface area contributed by atoms with Gasteiger partial charge in [0, 0.05) is 56.6 Å². The molecule has 0 bridgehead atoms. The first kappa shape index (κ1) is 27.9. The number of likely N-dealkylation sites (tertiary alicyclic amines) is 2. The minimum absolute atomic E-state index is 0.0917. The van der Waals surface area contributed by atoms with Gasteiger partial charge in [-0.2, -0.15) is 4.98 Å². The van der Waals surface area contributed by atoms with Crippen molar-refractivity contribution in [3.63, 3.8) is 0 Å². The van der Waals surface area contributed by atoms with E-state index in [0.29, 0.717) is 12.1 Å². The number of benzene rings is 1. The normalized spacial score (nSPS) is 23.7. The summed E-state index contributed by atoms with van der Waals surface area (Å²) < 4.78 is 0. The van der Waals surface area contributed by atoms with Crippen LogP contribution in [0.2, 0.25) is 0 Å². The number of anilines is 2. The molecular formula is C32H48N6O. The van der Waals surface area contributed by atoms with Gasteiger partial charge in [0.2, 0.25) is 5.95 Å². The molecule has 1 amide bonds. The van der Waals surface area contributed by atoms with E-state index in [9.17, 15) is 4.79 Å². The molecule has 4 heterocycles. The molecule has 3 saturated heterocycles. The molecular weight excluding hydrogens is 484 g/mol. The highest BCUT2D eigenvalue weighted by atomic mass is 16.2. The summed E-state index contributed by atoms with van der Waals surface area (Å²) in [5.74, 6) is 1.97. The Hall–Kier alpha value is -2.67. The second-order valence-corrected chi connectivity index (χ2v) is 12.8. The van der Waals surface area contributed by atoms with Crippen LogP contribution < -0.4 is 10.2 Å². The van der Waals surface area contributed by atoms with Gasteiger partial charge in [-0.1, -0.05) is 52.2 Å². The van der Waals surface area contributed by atoms with Crippen molar-refractivity contribution in [3.05, 3.63) is 47.7 Å². The fourth-order valence-electron chi connectivity index (χ4n) is 6.43. The van der Waals surface area contributed by atoms with Crippen LogP contribution in [-0.2, 0) is 5.41 Å². The quantitative estimate of drug-likeness (QED) is 0.531. The van der Waals surface area contributed by atoms with Crippen molar-refractivity contribution in [2.24, 2.45) is 0 Å². The van der Waals surface area contributed by atoms with E-state index in [0.717, 1.165) is 75.9 Å². The maximum atomic E-state index is 13.4. The third-order valence-electron chi connectivity index (χ3n) is 8.80. The Morgan fingerprint density at radius 1 is 0.846 bits per heavy atom. The molecule has 7 heteroatoms. The number of piperidine rings is 1. The van der Waals surface area contributed by atoms with E-state index in [1.165, 1.54) is 44.1 Å². The zero-order valence-corrected chi connectivity index (χ0v) is 24.4. The molecule has 0 radical (unpaired) electrons. The highest BCUT2D eigenvalue weighted by molar-refractivity contribution is 5.94. The van der Waals surface area contributed by atoms with E-state index in [1.54, 1.807) is 0 Å². The third-order valence-corrected chi connectivity index (χ3v) is 8.80. The van der Waals surface area contributed by atoms with Gasteiger partial charge < -0.3 is 15.1 Å². The van der Waals surface area contributed by atoms with Gasteiger partial charge >= 0.3 is 0 Å². The molecule has 3 fully saturated rings. The second kappa shape index (κ2) is 12.7. The van der Waals surface area contributed by atoms with Crippen LogP contribution in [0.15, 0.2) is 36.5 Å². The van der Waals surface area contributed by atoms with Gasteiger partial charge in [0.25, 0.3) is 5.91 Å². The summed E-state index contributed by atoms with van der Waals surface area (Å²) in [6.45, 7) is 12.5. The fourth-order valence-corrected chi connectivity index (χ4v) is 6.43. The lowest BCUT2D eigenvalue weighted by molar-refractivity contribution is 0.0575. The topological polar surface area (TPSA) is 64.6 Å². The van der Waals surface area contributed by atoms with Gasteiger partial charge in [0.1, 0.15) is 5.82 Å². The predicted octanol–water partition coefficient (Wildman–Crippen LogP) is 5.73. The first-order chi connectivity index (χ1) is 18.9. The lowest BCUT2D eigenvalue weighted by Crippen LogP contribution is -2.51. The number of rotatable bonds is 5. The summed E-state index contributed by atoms with van der Waals surface area (Å²) in [6.07, 6.45) is 12.8. The van der Waals surface area contributed by atoms with Gasteiger partial charge in [-0.25, -0.2) is 4.98 Å². The molecule has 7 nitrogen and oxygen atoms in total. The van der Waals surface area contributed by atoms with Gasteiger partial charge in [-0.3, -0.25) is 9.69 Å². The van der Waals surface area contributed by atoms with Gasteiger partial charge in [-0.15, -0.1) is 0 Å². The molecule has 212 valence electrons. The number of nitrogens with zero attached hydrogens (tertiary/aromatic N) is 5. The van der Waals surface area contributed by atoms with E-state index in [-0.39, 0.29) is 11.3 Å². The maximum Gasteiger partial charge on any atom is 0.253 e. The number of nitrogens with one attached hydrogen (secondary N) is 1. The second-order valence-electron chi connectivity index (χ2n) is 12.8. The van der Waals surface area contributed by atoms with E-state index >= 15 is 0 Å². The number of aromatic nitrogens is 2. The number of carbonyl (C=O) groups excluding carboxylic acids is 1. The molecule has 3 aliphatic rings. The van der Waals surface area contributed by atoms with Crippen molar-refractivity contribution < 1.29 is 4.79 Å². The summed E-state index contributed by atoms with van der Waals surface area (Å²) >= 11 is 0. The highest BCUT2D eigenvalue weighted by Crippen LogP contribution is 2.26. The number of carbonyl (C=O) groups is 1. The smallest absolute Gasteiger partial charge is 0.253 e. The zero-order valence-electron chi connectivity index (χ0n) is 24.4. The van der Waals surface area contributed by atoms with Crippen LogP contribution in [-0.4, -0.2) is 77.0 Å². The monoisotopic (exact) mass is 532 g/mol. The first-order valence-electron chi connectivity index (χ1n) is 15.4. The SMILES string of the molecule is CC(C)(C)c1ccc(C(=O)N2CCCC(N3CCCCC(Nc4nccc(N5CCCCCC5)n4)C3)C2)cc1. The Bertz CT molecular complexity index is 1070. The Balaban J connectivity index is 1.21. The van der Waals surface area contributed by atoms with Crippen LogP contribution in [0.5, 0.6) is 0 Å². The van der Waals surface area contributed by atoms with Gasteiger partial charge in [0.15, 0.2) is 0 Å². The summed E-state index contributed by atoms with van der Waals surface area (Å²) in [6, 6.07) is 11.0. The minimum Gasteiger partial charge on any atom is -0.356 e. The maximum absolute atomic E-state index is 13.4. The Kier molecular flexibility index (Phi) is 9.06. The standard InChI is InChI=1S/C32H48N6O/c1-32(2,3)26-15-13-25(14-16-26)30(39)38-22-10-12-28(24-38)37-21-9-6-11-27(23-37)34-31-33-18-17-29(35-31)36-19-7-4-5-8-20-36/h13-18,27-28H,4-12,19-24H2,1-3H3,(H,33,34,35). The number of hydrogen-bond donors (Lipinski definition) is 1. The summed E-state index contributed by atoms with van der Waals surface area (Å²) in [5, 5.41) is 3.69. The average molecular weight is 533 g/mol. The molecule has 1 N–H and O–H groups in total. The van der Waals surface area contributed by atoms with Crippen LogP contribution in [0, 0.1) is 0 Å². The lowest BCUT2D eigenvalue weighted by Gasteiger charge is -2.40. The molecule has 0 saturated carbocycles. The lowest BCUT2D eigenvalue weighted by atomic mass is 9.86. The minimum atomic E-state index is 0.0917. The van der Waals surface area contributed by atoms with Crippen molar-refractivity contribution in [1.29, 1.82) is 0 Å². The van der Waals surface area contributed by atoms with E-state index < -0.39 is 0 Å². The van der Waals surface area contributed by atoms with E-state index in [4.69, 9.17) is 4.98 Å². The molecule has 2 aromatic rings. The van der Waals surface area contributed by atoms with Crippen molar-refractivity contribution in [3.8, 4) is 0 Å². The molecule has 0 spiro atoms. The molecule has 1 aromatic heterocycles. The fraction of sp³-hybridized carbons (Fsp3) is 0.656.